The van der Waals surface area contributed by atoms with Crippen molar-refractivity contribution >= 4 is 40.3 Å². The monoisotopic (exact) mass is 474 g/mol. The second-order valence-electron chi connectivity index (χ2n) is 9.78. The molecule has 2 aliphatic heterocycles. The Kier molecular flexibility index (Phi) is 5.78. The van der Waals surface area contributed by atoms with E-state index >= 15 is 0 Å². The van der Waals surface area contributed by atoms with Crippen LogP contribution in [0.4, 0.5) is 17.1 Å². The number of piperidine rings is 1. The Balaban J connectivity index is 1.43. The predicted molar refractivity (Wildman–Crippen MR) is 138 cm³/mol. The van der Waals surface area contributed by atoms with Crippen molar-refractivity contribution in [3.63, 3.8) is 0 Å². The Hall–Kier alpha value is -3.02. The molecule has 0 unspecified atom stereocenters. The number of carbonyl (C=O) groups excluding carboxylic acids is 1. The first-order valence-electron chi connectivity index (χ1n) is 11.9. The standard InChI is InChI=1S/C26H30N6OS/c1-18-15-22(17-28-23(18)16-27)31-24(33)26(11-4-12-26)32(25(31)34)21-7-5-19(6-8-21)30(3)20-9-13-29(2)14-10-20/h5-8,15,17,20H,4,9-14H2,1-3H3. The number of benzene rings is 1. The second-order valence-corrected chi connectivity index (χ2v) is 10.1. The Morgan fingerprint density at radius 1 is 1.18 bits per heavy atom. The van der Waals surface area contributed by atoms with Crippen molar-refractivity contribution < 1.29 is 4.79 Å². The van der Waals surface area contributed by atoms with Crippen LogP contribution in [-0.4, -0.2) is 59.7 Å². The molecular formula is C26H30N6OS. The number of aryl methyl sites for hydroxylation is 1. The summed E-state index contributed by atoms with van der Waals surface area (Å²) >= 11 is 5.88. The average Bonchev–Trinajstić information content (AvgIpc) is 3.06. The van der Waals surface area contributed by atoms with Crippen molar-refractivity contribution in [1.29, 1.82) is 5.26 Å². The number of nitriles is 1. The first kappa shape index (κ1) is 22.8. The molecular weight excluding hydrogens is 444 g/mol. The fraction of sp³-hybridized carbons (Fsp3) is 0.462. The summed E-state index contributed by atoms with van der Waals surface area (Å²) in [5, 5.41) is 9.70. The maximum absolute atomic E-state index is 13.7. The number of thiocarbonyl (C=S) groups is 1. The number of likely N-dealkylation sites (tertiary alicyclic amines) is 1. The molecule has 7 nitrogen and oxygen atoms in total. The highest BCUT2D eigenvalue weighted by Gasteiger charge is 2.59. The van der Waals surface area contributed by atoms with Crippen LogP contribution >= 0.6 is 12.2 Å². The van der Waals surface area contributed by atoms with E-state index < -0.39 is 5.54 Å². The molecule has 2 saturated heterocycles. The minimum absolute atomic E-state index is 0.00202. The van der Waals surface area contributed by atoms with E-state index in [2.05, 4.69) is 59.2 Å². The first-order chi connectivity index (χ1) is 16.4. The maximum atomic E-state index is 13.7. The van der Waals surface area contributed by atoms with E-state index in [0.717, 1.165) is 56.4 Å². The average molecular weight is 475 g/mol. The highest BCUT2D eigenvalue weighted by molar-refractivity contribution is 7.81. The zero-order chi connectivity index (χ0) is 24.0. The molecule has 8 heteroatoms. The lowest BCUT2D eigenvalue weighted by atomic mass is 9.75. The van der Waals surface area contributed by atoms with Crippen LogP contribution in [-0.2, 0) is 4.79 Å². The van der Waals surface area contributed by atoms with Crippen LogP contribution in [0.25, 0.3) is 0 Å². The van der Waals surface area contributed by atoms with E-state index in [1.807, 2.05) is 17.9 Å². The van der Waals surface area contributed by atoms with Gasteiger partial charge in [-0.25, -0.2) is 4.98 Å². The third kappa shape index (κ3) is 3.55. The molecule has 1 spiro atoms. The summed E-state index contributed by atoms with van der Waals surface area (Å²) in [5.74, 6) is 0.00202. The molecule has 0 N–H and O–H groups in total. The minimum atomic E-state index is -0.625. The number of carbonyl (C=O) groups is 1. The summed E-state index contributed by atoms with van der Waals surface area (Å²) < 4.78 is 0. The van der Waals surface area contributed by atoms with Crippen molar-refractivity contribution in [2.24, 2.45) is 0 Å². The molecule has 176 valence electrons. The summed E-state index contributed by atoms with van der Waals surface area (Å²) in [6, 6.07) is 12.9. The quantitative estimate of drug-likeness (QED) is 0.624. The number of pyridine rings is 1. The second kappa shape index (κ2) is 8.64. The third-order valence-electron chi connectivity index (χ3n) is 7.77. The number of rotatable bonds is 4. The molecule has 3 fully saturated rings. The molecule has 3 aliphatic rings. The van der Waals surface area contributed by atoms with Gasteiger partial charge in [-0.2, -0.15) is 5.26 Å². The van der Waals surface area contributed by atoms with Gasteiger partial charge in [0.25, 0.3) is 5.91 Å². The first-order valence-corrected chi connectivity index (χ1v) is 12.3. The Morgan fingerprint density at radius 2 is 1.85 bits per heavy atom. The zero-order valence-electron chi connectivity index (χ0n) is 20.0. The molecule has 1 aliphatic carbocycles. The normalized spacial score (nSPS) is 20.5. The molecule has 1 aromatic carbocycles. The molecule has 1 amide bonds. The van der Waals surface area contributed by atoms with Crippen LogP contribution in [0.5, 0.6) is 0 Å². The van der Waals surface area contributed by atoms with Crippen molar-refractivity contribution in [2.45, 2.75) is 50.6 Å². The van der Waals surface area contributed by atoms with Gasteiger partial charge in [0.15, 0.2) is 5.11 Å². The van der Waals surface area contributed by atoms with Gasteiger partial charge in [-0.15, -0.1) is 0 Å². The van der Waals surface area contributed by atoms with Crippen molar-refractivity contribution in [3.8, 4) is 6.07 Å². The number of anilines is 3. The zero-order valence-corrected chi connectivity index (χ0v) is 20.8. The van der Waals surface area contributed by atoms with Crippen LogP contribution in [0.1, 0.15) is 43.4 Å². The lowest BCUT2D eigenvalue weighted by Crippen LogP contribution is -2.55. The molecule has 3 heterocycles. The SMILES string of the molecule is Cc1cc(N2C(=O)C3(CCC3)N(c3ccc(N(C)C4CCN(C)CC4)cc3)C2=S)cnc1C#N. The van der Waals surface area contributed by atoms with Gasteiger partial charge in [0.2, 0.25) is 0 Å². The number of hydrogen-bond acceptors (Lipinski definition) is 6. The highest BCUT2D eigenvalue weighted by atomic mass is 32.1. The van der Waals surface area contributed by atoms with Gasteiger partial charge in [0.1, 0.15) is 17.3 Å². The van der Waals surface area contributed by atoms with E-state index in [0.29, 0.717) is 22.5 Å². The lowest BCUT2D eigenvalue weighted by molar-refractivity contribution is -0.123. The van der Waals surface area contributed by atoms with Gasteiger partial charge in [0, 0.05) is 24.5 Å². The molecule has 1 aromatic heterocycles. The van der Waals surface area contributed by atoms with Gasteiger partial charge in [-0.1, -0.05) is 0 Å². The van der Waals surface area contributed by atoms with Crippen molar-refractivity contribution in [3.05, 3.63) is 47.8 Å². The fourth-order valence-corrected chi connectivity index (χ4v) is 5.91. The van der Waals surface area contributed by atoms with Crippen LogP contribution < -0.4 is 14.7 Å². The Morgan fingerprint density at radius 3 is 2.41 bits per heavy atom. The van der Waals surface area contributed by atoms with E-state index in [9.17, 15) is 10.1 Å². The molecule has 2 aromatic rings. The maximum Gasteiger partial charge on any atom is 0.259 e. The molecule has 0 atom stereocenters. The van der Waals surface area contributed by atoms with Gasteiger partial charge >= 0.3 is 0 Å². The summed E-state index contributed by atoms with van der Waals surface area (Å²) in [7, 11) is 4.35. The van der Waals surface area contributed by atoms with Gasteiger partial charge in [0.05, 0.1) is 11.9 Å². The summed E-state index contributed by atoms with van der Waals surface area (Å²) in [6.07, 6.45) is 6.46. The number of amides is 1. The fourth-order valence-electron chi connectivity index (χ4n) is 5.44. The minimum Gasteiger partial charge on any atom is -0.372 e. The van der Waals surface area contributed by atoms with Crippen molar-refractivity contribution in [1.82, 2.24) is 9.88 Å². The summed E-state index contributed by atoms with van der Waals surface area (Å²) in [6.45, 7) is 4.08. The molecule has 0 bridgehead atoms. The largest absolute Gasteiger partial charge is 0.372 e. The van der Waals surface area contributed by atoms with Crippen LogP contribution in [0.15, 0.2) is 36.5 Å². The Labute approximate surface area is 206 Å². The summed E-state index contributed by atoms with van der Waals surface area (Å²) in [4.78, 5) is 26.3. The van der Waals surface area contributed by atoms with Crippen LogP contribution in [0, 0.1) is 18.3 Å². The number of aromatic nitrogens is 1. The molecule has 5 rings (SSSR count). The third-order valence-corrected chi connectivity index (χ3v) is 8.14. The molecule has 34 heavy (non-hydrogen) atoms. The van der Waals surface area contributed by atoms with Gasteiger partial charge in [-0.05, 0) is 107 Å². The predicted octanol–water partition coefficient (Wildman–Crippen LogP) is 3.85. The van der Waals surface area contributed by atoms with Crippen LogP contribution in [0.3, 0.4) is 0 Å². The smallest absolute Gasteiger partial charge is 0.259 e. The Bertz CT molecular complexity index is 1160. The van der Waals surface area contributed by atoms with Crippen molar-refractivity contribution in [2.75, 3.05) is 41.9 Å². The van der Waals surface area contributed by atoms with E-state index in [4.69, 9.17) is 12.2 Å². The highest BCUT2D eigenvalue weighted by Crippen LogP contribution is 2.48. The van der Waals surface area contributed by atoms with E-state index in [1.54, 1.807) is 11.1 Å². The van der Waals surface area contributed by atoms with Gasteiger partial charge in [-0.3, -0.25) is 9.69 Å². The number of hydrogen-bond donors (Lipinski definition) is 0. The topological polar surface area (TPSA) is 66.7 Å². The number of nitrogens with zero attached hydrogens (tertiary/aromatic N) is 6. The van der Waals surface area contributed by atoms with E-state index in [1.165, 1.54) is 5.69 Å². The molecule has 1 saturated carbocycles. The van der Waals surface area contributed by atoms with Gasteiger partial charge < -0.3 is 14.7 Å². The summed E-state index contributed by atoms with van der Waals surface area (Å²) in [5.41, 5.74) is 3.22. The molecule has 0 radical (unpaired) electrons. The lowest BCUT2D eigenvalue weighted by Gasteiger charge is -2.43. The van der Waals surface area contributed by atoms with Crippen LogP contribution in [0.2, 0.25) is 0 Å². The van der Waals surface area contributed by atoms with E-state index in [-0.39, 0.29) is 5.91 Å².